The molecule has 0 fully saturated rings. The Balaban J connectivity index is 2.22. The van der Waals surface area contributed by atoms with Crippen LogP contribution in [0.15, 0.2) is 41.1 Å². The van der Waals surface area contributed by atoms with Crippen LogP contribution in [0.5, 0.6) is 5.75 Å². The molecule has 3 heteroatoms. The molecule has 0 radical (unpaired) electrons. The lowest BCUT2D eigenvalue weighted by atomic mass is 10.0. The topological polar surface area (TPSA) is 29.5 Å². The van der Waals surface area contributed by atoms with Crippen LogP contribution in [0.3, 0.4) is 0 Å². The maximum atomic E-state index is 10.0. The van der Waals surface area contributed by atoms with Crippen molar-refractivity contribution in [3.8, 4) is 5.75 Å². The molecule has 0 saturated carbocycles. The zero-order chi connectivity index (χ0) is 10.7. The molecule has 1 N–H and O–H groups in total. The van der Waals surface area contributed by atoms with Crippen molar-refractivity contribution in [3.05, 3.63) is 52.2 Å². The molecule has 2 aromatic rings. The summed E-state index contributed by atoms with van der Waals surface area (Å²) in [6.45, 7) is 0. The summed E-state index contributed by atoms with van der Waals surface area (Å²) >= 11 is 1.59. The van der Waals surface area contributed by atoms with Gasteiger partial charge in [-0.1, -0.05) is 12.1 Å². The van der Waals surface area contributed by atoms with E-state index in [1.54, 1.807) is 18.4 Å². The minimum atomic E-state index is -0.540. The second-order valence-corrected chi connectivity index (χ2v) is 4.01. The van der Waals surface area contributed by atoms with Gasteiger partial charge in [0, 0.05) is 0 Å². The van der Waals surface area contributed by atoms with Crippen LogP contribution in [0.2, 0.25) is 0 Å². The highest BCUT2D eigenvalue weighted by Crippen LogP contribution is 2.25. The van der Waals surface area contributed by atoms with E-state index in [9.17, 15) is 5.11 Å². The Kier molecular flexibility index (Phi) is 3.04. The smallest absolute Gasteiger partial charge is 0.118 e. The van der Waals surface area contributed by atoms with Gasteiger partial charge in [0.15, 0.2) is 0 Å². The van der Waals surface area contributed by atoms with Gasteiger partial charge in [-0.2, -0.15) is 11.3 Å². The highest BCUT2D eigenvalue weighted by atomic mass is 32.1. The number of hydrogen-bond acceptors (Lipinski definition) is 3. The van der Waals surface area contributed by atoms with E-state index in [2.05, 4.69) is 0 Å². The third-order valence-corrected chi connectivity index (χ3v) is 2.99. The lowest BCUT2D eigenvalue weighted by Gasteiger charge is -2.09. The van der Waals surface area contributed by atoms with Crippen LogP contribution in [-0.4, -0.2) is 12.2 Å². The molecule has 0 saturated heterocycles. The molecule has 1 aromatic carbocycles. The molecule has 0 aliphatic carbocycles. The van der Waals surface area contributed by atoms with E-state index in [1.165, 1.54) is 0 Å². The lowest BCUT2D eigenvalue weighted by molar-refractivity contribution is 0.220. The van der Waals surface area contributed by atoms with E-state index >= 15 is 0 Å². The molecule has 1 atom stereocenters. The lowest BCUT2D eigenvalue weighted by Crippen LogP contribution is -1.97. The third-order valence-electron chi connectivity index (χ3n) is 2.29. The van der Waals surface area contributed by atoms with Gasteiger partial charge in [-0.05, 0) is 40.1 Å². The Hall–Kier alpha value is -1.32. The van der Waals surface area contributed by atoms with Crippen molar-refractivity contribution in [2.45, 2.75) is 6.10 Å². The van der Waals surface area contributed by atoms with Gasteiger partial charge in [-0.25, -0.2) is 0 Å². The number of aliphatic hydroxyl groups is 1. The first kappa shape index (κ1) is 10.2. The first-order chi connectivity index (χ1) is 7.31. The van der Waals surface area contributed by atoms with Crippen LogP contribution in [0.1, 0.15) is 17.2 Å². The predicted octanol–water partition coefficient (Wildman–Crippen LogP) is 2.84. The molecule has 0 aliphatic heterocycles. The van der Waals surface area contributed by atoms with Crippen molar-refractivity contribution in [2.75, 3.05) is 7.11 Å². The normalized spacial score (nSPS) is 12.4. The van der Waals surface area contributed by atoms with Crippen LogP contribution >= 0.6 is 11.3 Å². The average molecular weight is 220 g/mol. The number of rotatable bonds is 3. The van der Waals surface area contributed by atoms with Crippen LogP contribution in [0.4, 0.5) is 0 Å². The second-order valence-electron chi connectivity index (χ2n) is 3.23. The average Bonchev–Trinajstić information content (AvgIpc) is 2.82. The molecular formula is C12H12O2S. The molecule has 15 heavy (non-hydrogen) atoms. The first-order valence-electron chi connectivity index (χ1n) is 4.65. The van der Waals surface area contributed by atoms with E-state index in [0.29, 0.717) is 0 Å². The minimum absolute atomic E-state index is 0.540. The van der Waals surface area contributed by atoms with E-state index < -0.39 is 6.10 Å². The molecule has 0 unspecified atom stereocenters. The van der Waals surface area contributed by atoms with E-state index in [4.69, 9.17) is 4.74 Å². The highest BCUT2D eigenvalue weighted by Gasteiger charge is 2.10. The monoisotopic (exact) mass is 220 g/mol. The molecular weight excluding hydrogens is 208 g/mol. The summed E-state index contributed by atoms with van der Waals surface area (Å²) in [5.41, 5.74) is 1.82. The second kappa shape index (κ2) is 4.47. The van der Waals surface area contributed by atoms with Crippen LogP contribution in [-0.2, 0) is 0 Å². The number of methoxy groups -OCH3 is 1. The standard InChI is InChI=1S/C12H12O2S/c1-14-11-4-2-9(3-5-11)12(13)10-6-7-15-8-10/h2-8,12-13H,1H3/t12-/m1/s1. The summed E-state index contributed by atoms with van der Waals surface area (Å²) in [4.78, 5) is 0. The molecule has 1 heterocycles. The first-order valence-corrected chi connectivity index (χ1v) is 5.59. The summed E-state index contributed by atoms with van der Waals surface area (Å²) in [6, 6.07) is 9.39. The number of aliphatic hydroxyl groups excluding tert-OH is 1. The van der Waals surface area contributed by atoms with Crippen molar-refractivity contribution in [1.82, 2.24) is 0 Å². The van der Waals surface area contributed by atoms with Crippen molar-refractivity contribution in [3.63, 3.8) is 0 Å². The van der Waals surface area contributed by atoms with Crippen LogP contribution in [0.25, 0.3) is 0 Å². The Labute approximate surface area is 92.8 Å². The van der Waals surface area contributed by atoms with Gasteiger partial charge in [0.25, 0.3) is 0 Å². The summed E-state index contributed by atoms with van der Waals surface area (Å²) in [7, 11) is 1.63. The SMILES string of the molecule is COc1ccc([C@@H](O)c2ccsc2)cc1. The van der Waals surface area contributed by atoms with E-state index in [1.807, 2.05) is 41.1 Å². The molecule has 0 aliphatic rings. The number of thiophene rings is 1. The van der Waals surface area contributed by atoms with Gasteiger partial charge in [0.1, 0.15) is 11.9 Å². The fourth-order valence-electron chi connectivity index (χ4n) is 1.41. The fourth-order valence-corrected chi connectivity index (χ4v) is 2.09. The van der Waals surface area contributed by atoms with Crippen molar-refractivity contribution in [2.24, 2.45) is 0 Å². The van der Waals surface area contributed by atoms with E-state index in [0.717, 1.165) is 16.9 Å². The largest absolute Gasteiger partial charge is 0.497 e. The Morgan fingerprint density at radius 3 is 2.40 bits per heavy atom. The number of ether oxygens (including phenoxy) is 1. The summed E-state index contributed by atoms with van der Waals surface area (Å²) in [5, 5.41) is 13.9. The Morgan fingerprint density at radius 1 is 1.13 bits per heavy atom. The van der Waals surface area contributed by atoms with Gasteiger partial charge in [-0.3, -0.25) is 0 Å². The number of benzene rings is 1. The molecule has 0 amide bonds. The summed E-state index contributed by atoms with van der Waals surface area (Å²) < 4.78 is 5.06. The van der Waals surface area contributed by atoms with Gasteiger partial charge in [0.05, 0.1) is 7.11 Å². The van der Waals surface area contributed by atoms with Gasteiger partial charge < -0.3 is 9.84 Å². The van der Waals surface area contributed by atoms with Crippen molar-refractivity contribution < 1.29 is 9.84 Å². The molecule has 0 bridgehead atoms. The number of hydrogen-bond donors (Lipinski definition) is 1. The molecule has 1 aromatic heterocycles. The van der Waals surface area contributed by atoms with Gasteiger partial charge in [0.2, 0.25) is 0 Å². The Bertz CT molecular complexity index is 406. The van der Waals surface area contributed by atoms with Gasteiger partial charge >= 0.3 is 0 Å². The van der Waals surface area contributed by atoms with Crippen LogP contribution < -0.4 is 4.74 Å². The quantitative estimate of drug-likeness (QED) is 0.861. The predicted molar refractivity (Wildman–Crippen MR) is 61.4 cm³/mol. The van der Waals surface area contributed by atoms with Gasteiger partial charge in [-0.15, -0.1) is 0 Å². The van der Waals surface area contributed by atoms with Crippen LogP contribution in [0, 0.1) is 0 Å². The molecule has 0 spiro atoms. The zero-order valence-corrected chi connectivity index (χ0v) is 9.20. The minimum Gasteiger partial charge on any atom is -0.497 e. The third kappa shape index (κ3) is 2.19. The zero-order valence-electron chi connectivity index (χ0n) is 8.38. The molecule has 78 valence electrons. The molecule has 2 rings (SSSR count). The maximum Gasteiger partial charge on any atom is 0.118 e. The van der Waals surface area contributed by atoms with Crippen molar-refractivity contribution in [1.29, 1.82) is 0 Å². The molecule has 2 nitrogen and oxygen atoms in total. The maximum absolute atomic E-state index is 10.0. The highest BCUT2D eigenvalue weighted by molar-refractivity contribution is 7.07. The summed E-state index contributed by atoms with van der Waals surface area (Å²) in [6.07, 6.45) is -0.540. The Morgan fingerprint density at radius 2 is 1.87 bits per heavy atom. The van der Waals surface area contributed by atoms with Crippen molar-refractivity contribution >= 4 is 11.3 Å². The fraction of sp³-hybridized carbons (Fsp3) is 0.167. The summed E-state index contributed by atoms with van der Waals surface area (Å²) in [5.74, 6) is 0.802. The van der Waals surface area contributed by atoms with E-state index in [-0.39, 0.29) is 0 Å².